The van der Waals surface area contributed by atoms with E-state index in [1.54, 1.807) is 0 Å². The quantitative estimate of drug-likeness (QED) is 0.847. The molecule has 0 saturated carbocycles. The van der Waals surface area contributed by atoms with Crippen molar-refractivity contribution in [1.29, 1.82) is 0 Å². The molecule has 0 spiro atoms. The molecular formula is C13H17Cl2N3O2. The van der Waals surface area contributed by atoms with Crippen LogP contribution < -0.4 is 5.32 Å². The van der Waals surface area contributed by atoms with Crippen LogP contribution in [0.25, 0.3) is 0 Å². The Morgan fingerprint density at radius 1 is 1.40 bits per heavy atom. The van der Waals surface area contributed by atoms with Crippen molar-refractivity contribution in [1.82, 2.24) is 15.2 Å². The van der Waals surface area contributed by atoms with Gasteiger partial charge < -0.3 is 10.2 Å². The first-order valence-corrected chi connectivity index (χ1v) is 6.90. The Bertz CT molecular complexity index is 506. The van der Waals surface area contributed by atoms with Gasteiger partial charge >= 0.3 is 0 Å². The summed E-state index contributed by atoms with van der Waals surface area (Å²) >= 11 is 11.6. The second kappa shape index (κ2) is 7.45. The number of pyridine rings is 1. The summed E-state index contributed by atoms with van der Waals surface area (Å²) in [5.74, 6) is -0.238. The molecule has 0 atom stereocenters. The standard InChI is InChI=1S/C13H17Cl2N3O2/c1-8(2)5-17-12(19)7-18(3)13(20)9-4-11(15)16-6-10(9)14/h4,6,8H,5,7H2,1-3H3,(H,17,19). The molecule has 0 aliphatic carbocycles. The van der Waals surface area contributed by atoms with E-state index in [9.17, 15) is 9.59 Å². The number of nitrogens with one attached hydrogen (secondary N) is 1. The van der Waals surface area contributed by atoms with Gasteiger partial charge in [-0.1, -0.05) is 37.0 Å². The Balaban J connectivity index is 2.67. The molecule has 0 bridgehead atoms. The third-order valence-electron chi connectivity index (χ3n) is 2.49. The maximum absolute atomic E-state index is 12.2. The second-order valence-electron chi connectivity index (χ2n) is 4.85. The fourth-order valence-corrected chi connectivity index (χ4v) is 1.79. The number of rotatable bonds is 5. The van der Waals surface area contributed by atoms with Crippen LogP contribution in [0.15, 0.2) is 12.3 Å². The largest absolute Gasteiger partial charge is 0.354 e. The summed E-state index contributed by atoms with van der Waals surface area (Å²) in [5.41, 5.74) is 0.228. The van der Waals surface area contributed by atoms with Gasteiger partial charge in [-0.3, -0.25) is 9.59 Å². The highest BCUT2D eigenvalue weighted by molar-refractivity contribution is 6.35. The first-order valence-electron chi connectivity index (χ1n) is 6.14. The van der Waals surface area contributed by atoms with Gasteiger partial charge in [0.15, 0.2) is 0 Å². The van der Waals surface area contributed by atoms with Crippen LogP contribution in [0.1, 0.15) is 24.2 Å². The lowest BCUT2D eigenvalue weighted by molar-refractivity contribution is -0.121. The molecule has 5 nitrogen and oxygen atoms in total. The Morgan fingerprint density at radius 3 is 2.65 bits per heavy atom. The van der Waals surface area contributed by atoms with Crippen LogP contribution in [-0.2, 0) is 4.79 Å². The topological polar surface area (TPSA) is 62.3 Å². The highest BCUT2D eigenvalue weighted by Gasteiger charge is 2.18. The zero-order valence-electron chi connectivity index (χ0n) is 11.6. The van der Waals surface area contributed by atoms with E-state index >= 15 is 0 Å². The number of aromatic nitrogens is 1. The molecule has 0 aromatic carbocycles. The van der Waals surface area contributed by atoms with Crippen molar-refractivity contribution < 1.29 is 9.59 Å². The van der Waals surface area contributed by atoms with Crippen molar-refractivity contribution in [3.63, 3.8) is 0 Å². The zero-order chi connectivity index (χ0) is 15.3. The van der Waals surface area contributed by atoms with Crippen LogP contribution in [0.4, 0.5) is 0 Å². The normalized spacial score (nSPS) is 10.5. The van der Waals surface area contributed by atoms with E-state index in [-0.39, 0.29) is 34.1 Å². The van der Waals surface area contributed by atoms with E-state index in [0.717, 1.165) is 0 Å². The summed E-state index contributed by atoms with van der Waals surface area (Å²) in [7, 11) is 1.53. The minimum atomic E-state index is -0.376. The van der Waals surface area contributed by atoms with Crippen LogP contribution in [0, 0.1) is 5.92 Å². The van der Waals surface area contributed by atoms with Gasteiger partial charge in [0.25, 0.3) is 5.91 Å². The molecule has 1 rings (SSSR count). The summed E-state index contributed by atoms with van der Waals surface area (Å²) in [6.45, 7) is 4.52. The lowest BCUT2D eigenvalue weighted by Gasteiger charge is -2.18. The number of nitrogens with zero attached hydrogens (tertiary/aromatic N) is 2. The second-order valence-corrected chi connectivity index (χ2v) is 5.64. The lowest BCUT2D eigenvalue weighted by atomic mass is 10.2. The molecule has 0 aliphatic rings. The van der Waals surface area contributed by atoms with Crippen molar-refractivity contribution in [3.8, 4) is 0 Å². The zero-order valence-corrected chi connectivity index (χ0v) is 13.1. The average Bonchev–Trinajstić information content (AvgIpc) is 2.38. The van der Waals surface area contributed by atoms with Crippen molar-refractivity contribution in [2.24, 2.45) is 5.92 Å². The Hall–Kier alpha value is -1.33. The average molecular weight is 318 g/mol. The summed E-state index contributed by atoms with van der Waals surface area (Å²) < 4.78 is 0. The molecule has 1 aromatic heterocycles. The fraction of sp³-hybridized carbons (Fsp3) is 0.462. The van der Waals surface area contributed by atoms with Crippen LogP contribution in [0.2, 0.25) is 10.2 Å². The van der Waals surface area contributed by atoms with Gasteiger partial charge in [-0.2, -0.15) is 0 Å². The predicted molar refractivity (Wildman–Crippen MR) is 79.1 cm³/mol. The summed E-state index contributed by atoms with van der Waals surface area (Å²) in [4.78, 5) is 28.9. The van der Waals surface area contributed by atoms with Gasteiger partial charge in [0, 0.05) is 19.8 Å². The maximum atomic E-state index is 12.2. The van der Waals surface area contributed by atoms with Crippen LogP contribution in [0.3, 0.4) is 0 Å². The smallest absolute Gasteiger partial charge is 0.255 e. The molecule has 110 valence electrons. The number of halogens is 2. The van der Waals surface area contributed by atoms with E-state index in [2.05, 4.69) is 10.3 Å². The molecule has 1 heterocycles. The van der Waals surface area contributed by atoms with Gasteiger partial charge in [0.2, 0.25) is 5.91 Å². The van der Waals surface area contributed by atoms with Gasteiger partial charge in [-0.25, -0.2) is 4.98 Å². The molecule has 7 heteroatoms. The van der Waals surface area contributed by atoms with E-state index in [1.807, 2.05) is 13.8 Å². The van der Waals surface area contributed by atoms with E-state index in [0.29, 0.717) is 12.5 Å². The first-order chi connectivity index (χ1) is 9.31. The minimum absolute atomic E-state index is 0.0399. The number of amides is 2. The molecule has 20 heavy (non-hydrogen) atoms. The molecule has 0 saturated heterocycles. The predicted octanol–water partition coefficient (Wildman–Crippen LogP) is 2.23. The Kier molecular flexibility index (Phi) is 6.23. The molecule has 1 N–H and O–H groups in total. The van der Waals surface area contributed by atoms with E-state index in [4.69, 9.17) is 23.2 Å². The van der Waals surface area contributed by atoms with Crippen LogP contribution >= 0.6 is 23.2 Å². The molecule has 1 aromatic rings. The lowest BCUT2D eigenvalue weighted by Crippen LogP contribution is -2.39. The highest BCUT2D eigenvalue weighted by Crippen LogP contribution is 2.19. The van der Waals surface area contributed by atoms with Crippen molar-refractivity contribution in [2.75, 3.05) is 20.1 Å². The van der Waals surface area contributed by atoms with Gasteiger partial charge in [0.05, 0.1) is 17.1 Å². The minimum Gasteiger partial charge on any atom is -0.354 e. The van der Waals surface area contributed by atoms with Crippen molar-refractivity contribution >= 4 is 35.0 Å². The van der Waals surface area contributed by atoms with Gasteiger partial charge in [0.1, 0.15) is 5.15 Å². The number of hydrogen-bond donors (Lipinski definition) is 1. The highest BCUT2D eigenvalue weighted by atomic mass is 35.5. The third kappa shape index (κ3) is 4.98. The van der Waals surface area contributed by atoms with Gasteiger partial charge in [-0.15, -0.1) is 0 Å². The summed E-state index contributed by atoms with van der Waals surface area (Å²) in [6, 6.07) is 1.38. The molecule has 0 aliphatic heterocycles. The van der Waals surface area contributed by atoms with Crippen LogP contribution in [0.5, 0.6) is 0 Å². The number of carbonyl (C=O) groups is 2. The van der Waals surface area contributed by atoms with Gasteiger partial charge in [-0.05, 0) is 12.0 Å². The molecule has 2 amide bonds. The van der Waals surface area contributed by atoms with E-state index in [1.165, 1.54) is 24.2 Å². The van der Waals surface area contributed by atoms with Crippen LogP contribution in [-0.4, -0.2) is 41.8 Å². The monoisotopic (exact) mass is 317 g/mol. The van der Waals surface area contributed by atoms with E-state index < -0.39 is 0 Å². The number of likely N-dealkylation sites (N-methyl/N-ethyl adjacent to an activating group) is 1. The number of carbonyl (C=O) groups excluding carboxylic acids is 2. The Morgan fingerprint density at radius 2 is 2.05 bits per heavy atom. The molecule has 0 unspecified atom stereocenters. The number of hydrogen-bond acceptors (Lipinski definition) is 3. The SMILES string of the molecule is CC(C)CNC(=O)CN(C)C(=O)c1cc(Cl)ncc1Cl. The molecular weight excluding hydrogens is 301 g/mol. The summed E-state index contributed by atoms with van der Waals surface area (Å²) in [5, 5.41) is 3.12. The summed E-state index contributed by atoms with van der Waals surface area (Å²) in [6.07, 6.45) is 1.31. The Labute approximate surface area is 128 Å². The fourth-order valence-electron chi connectivity index (χ4n) is 1.44. The maximum Gasteiger partial charge on any atom is 0.255 e. The van der Waals surface area contributed by atoms with Crippen molar-refractivity contribution in [3.05, 3.63) is 28.0 Å². The third-order valence-corrected chi connectivity index (χ3v) is 3.00. The molecule has 0 fully saturated rings. The molecule has 0 radical (unpaired) electrons. The first kappa shape index (κ1) is 16.7. The van der Waals surface area contributed by atoms with Crippen molar-refractivity contribution in [2.45, 2.75) is 13.8 Å².